The summed E-state index contributed by atoms with van der Waals surface area (Å²) >= 11 is 0. The number of hydrogen-bond acceptors (Lipinski definition) is 3. The molecular formula is C24H26NO3Si. The molecule has 0 aliphatic rings. The Morgan fingerprint density at radius 1 is 0.931 bits per heavy atom. The standard InChI is InChI=1S/C24H26NO3Si/c1-19-17-21(25(26)27)16-15-20(19)18-28-29(24(2,3)4,22-11-7-5-8-12-22)23-13-9-6-10-14-23/h5-17H,1,18H2,2-4H3. The van der Waals surface area contributed by atoms with Crippen molar-refractivity contribution in [2.24, 2.45) is 0 Å². The fraction of sp³-hybridized carbons (Fsp3) is 0.208. The van der Waals surface area contributed by atoms with E-state index in [1.165, 1.54) is 22.5 Å². The first-order valence-electron chi connectivity index (χ1n) is 9.60. The molecule has 0 saturated heterocycles. The average Bonchev–Trinajstić information content (AvgIpc) is 2.70. The highest BCUT2D eigenvalue weighted by molar-refractivity contribution is 6.99. The summed E-state index contributed by atoms with van der Waals surface area (Å²) < 4.78 is 6.86. The molecule has 0 aliphatic heterocycles. The van der Waals surface area contributed by atoms with Gasteiger partial charge in [0.05, 0.1) is 11.5 Å². The van der Waals surface area contributed by atoms with Gasteiger partial charge in [-0.15, -0.1) is 0 Å². The van der Waals surface area contributed by atoms with E-state index in [1.54, 1.807) is 6.07 Å². The van der Waals surface area contributed by atoms with Crippen molar-refractivity contribution in [3.8, 4) is 0 Å². The van der Waals surface area contributed by atoms with Crippen molar-refractivity contribution in [3.63, 3.8) is 0 Å². The zero-order chi connectivity index (χ0) is 21.1. The first-order chi connectivity index (χ1) is 13.8. The van der Waals surface area contributed by atoms with Crippen molar-refractivity contribution < 1.29 is 9.35 Å². The predicted octanol–water partition coefficient (Wildman–Crippen LogP) is 4.85. The van der Waals surface area contributed by atoms with Crippen molar-refractivity contribution in [3.05, 3.63) is 107 Å². The van der Waals surface area contributed by atoms with Crippen LogP contribution in [0.1, 0.15) is 31.9 Å². The van der Waals surface area contributed by atoms with Gasteiger partial charge in [-0.2, -0.15) is 0 Å². The van der Waals surface area contributed by atoms with Gasteiger partial charge in [-0.3, -0.25) is 10.1 Å². The second-order valence-electron chi connectivity index (χ2n) is 8.16. The Balaban J connectivity index is 2.08. The maximum atomic E-state index is 11.0. The number of nitrogens with zero attached hydrogens (tertiary/aromatic N) is 1. The number of nitro benzene ring substituents is 1. The lowest BCUT2D eigenvalue weighted by Crippen LogP contribution is -2.66. The van der Waals surface area contributed by atoms with E-state index in [1.807, 2.05) is 36.4 Å². The fourth-order valence-corrected chi connectivity index (χ4v) is 8.34. The molecule has 0 spiro atoms. The molecule has 0 heterocycles. The molecular weight excluding hydrogens is 378 g/mol. The van der Waals surface area contributed by atoms with E-state index in [0.717, 1.165) is 5.56 Å². The molecule has 0 atom stereocenters. The molecule has 0 saturated carbocycles. The normalized spacial score (nSPS) is 12.0. The Labute approximate surface area is 173 Å². The SMILES string of the molecule is [CH2]c1cc([N+](=O)[O-])ccc1CO[Si](c1ccccc1)(c1ccccc1)C(C)(C)C. The highest BCUT2D eigenvalue weighted by atomic mass is 28.4. The van der Waals surface area contributed by atoms with E-state index < -0.39 is 13.2 Å². The smallest absolute Gasteiger partial charge is 0.269 e. The van der Waals surface area contributed by atoms with Crippen molar-refractivity contribution in [1.29, 1.82) is 0 Å². The van der Waals surface area contributed by atoms with Gasteiger partial charge in [0.1, 0.15) is 0 Å². The van der Waals surface area contributed by atoms with Crippen LogP contribution in [-0.4, -0.2) is 13.2 Å². The van der Waals surface area contributed by atoms with Crippen LogP contribution in [0.4, 0.5) is 5.69 Å². The third kappa shape index (κ3) is 4.16. The molecule has 0 aliphatic carbocycles. The first kappa shape index (κ1) is 21.0. The van der Waals surface area contributed by atoms with E-state index in [4.69, 9.17) is 4.43 Å². The third-order valence-electron chi connectivity index (χ3n) is 5.26. The summed E-state index contributed by atoms with van der Waals surface area (Å²) in [6.07, 6.45) is 0. The summed E-state index contributed by atoms with van der Waals surface area (Å²) in [6.45, 7) is 11.0. The summed E-state index contributed by atoms with van der Waals surface area (Å²) in [5.74, 6) is 0. The molecule has 0 N–H and O–H groups in total. The third-order valence-corrected chi connectivity index (χ3v) is 10.2. The van der Waals surface area contributed by atoms with Crippen LogP contribution >= 0.6 is 0 Å². The molecule has 3 aromatic carbocycles. The van der Waals surface area contributed by atoms with Gasteiger partial charge < -0.3 is 4.43 Å². The van der Waals surface area contributed by atoms with Crippen LogP contribution in [0.25, 0.3) is 0 Å². The second kappa shape index (κ2) is 8.31. The zero-order valence-electron chi connectivity index (χ0n) is 17.1. The molecule has 3 aromatic rings. The van der Waals surface area contributed by atoms with E-state index in [2.05, 4.69) is 52.0 Å². The number of nitro groups is 1. The largest absolute Gasteiger partial charge is 0.403 e. The van der Waals surface area contributed by atoms with Gasteiger partial charge in [0.15, 0.2) is 0 Å². The lowest BCUT2D eigenvalue weighted by atomic mass is 10.1. The summed E-state index contributed by atoms with van der Waals surface area (Å²) in [7, 11) is -2.65. The van der Waals surface area contributed by atoms with Crippen LogP contribution in [-0.2, 0) is 11.0 Å². The van der Waals surface area contributed by atoms with Crippen molar-refractivity contribution >= 4 is 24.4 Å². The number of rotatable bonds is 6. The topological polar surface area (TPSA) is 52.4 Å². The molecule has 149 valence electrons. The Morgan fingerprint density at radius 3 is 1.86 bits per heavy atom. The highest BCUT2D eigenvalue weighted by Gasteiger charge is 2.50. The minimum Gasteiger partial charge on any atom is -0.403 e. The van der Waals surface area contributed by atoms with Gasteiger partial charge in [0, 0.05) is 12.1 Å². The Bertz CT molecular complexity index is 943. The summed E-state index contributed by atoms with van der Waals surface area (Å²) in [5, 5.41) is 13.3. The maximum absolute atomic E-state index is 11.0. The van der Waals surface area contributed by atoms with Gasteiger partial charge in [0.25, 0.3) is 14.0 Å². The second-order valence-corrected chi connectivity index (χ2v) is 12.5. The molecule has 0 fully saturated rings. The number of benzene rings is 3. The van der Waals surface area contributed by atoms with E-state index in [-0.39, 0.29) is 10.7 Å². The molecule has 29 heavy (non-hydrogen) atoms. The van der Waals surface area contributed by atoms with E-state index >= 15 is 0 Å². The van der Waals surface area contributed by atoms with Crippen molar-refractivity contribution in [2.45, 2.75) is 32.4 Å². The molecule has 4 nitrogen and oxygen atoms in total. The summed E-state index contributed by atoms with van der Waals surface area (Å²) in [5.41, 5.74) is 1.53. The maximum Gasteiger partial charge on any atom is 0.269 e. The zero-order valence-corrected chi connectivity index (χ0v) is 18.1. The molecule has 0 unspecified atom stereocenters. The van der Waals surface area contributed by atoms with Gasteiger partial charge in [-0.05, 0) is 39.5 Å². The molecule has 5 heteroatoms. The van der Waals surface area contributed by atoms with Crippen LogP contribution in [0, 0.1) is 17.0 Å². The lowest BCUT2D eigenvalue weighted by Gasteiger charge is -2.43. The lowest BCUT2D eigenvalue weighted by molar-refractivity contribution is -0.384. The van der Waals surface area contributed by atoms with Crippen LogP contribution in [0.3, 0.4) is 0 Å². The van der Waals surface area contributed by atoms with Crippen LogP contribution < -0.4 is 10.4 Å². The molecule has 0 aromatic heterocycles. The van der Waals surface area contributed by atoms with Crippen LogP contribution in [0.15, 0.2) is 78.9 Å². The number of hydrogen-bond donors (Lipinski definition) is 0. The molecule has 1 radical (unpaired) electrons. The Morgan fingerprint density at radius 2 is 1.45 bits per heavy atom. The van der Waals surface area contributed by atoms with Crippen LogP contribution in [0.5, 0.6) is 0 Å². The van der Waals surface area contributed by atoms with Crippen LogP contribution in [0.2, 0.25) is 5.04 Å². The summed E-state index contributed by atoms with van der Waals surface area (Å²) in [4.78, 5) is 10.6. The van der Waals surface area contributed by atoms with Gasteiger partial charge in [-0.1, -0.05) is 81.4 Å². The average molecular weight is 405 g/mol. The fourth-order valence-electron chi connectivity index (χ4n) is 3.81. The first-order valence-corrected chi connectivity index (χ1v) is 11.5. The highest BCUT2D eigenvalue weighted by Crippen LogP contribution is 2.37. The molecule has 0 amide bonds. The molecule has 0 bridgehead atoms. The Kier molecular flexibility index (Phi) is 6.01. The van der Waals surface area contributed by atoms with Gasteiger partial charge in [0.2, 0.25) is 0 Å². The monoisotopic (exact) mass is 404 g/mol. The Hall–Kier alpha value is -2.76. The molecule has 3 rings (SSSR count). The number of non-ortho nitro benzene ring substituents is 1. The van der Waals surface area contributed by atoms with E-state index in [9.17, 15) is 10.1 Å². The summed E-state index contributed by atoms with van der Waals surface area (Å²) in [6, 6.07) is 25.6. The minimum atomic E-state index is -2.65. The van der Waals surface area contributed by atoms with Crippen molar-refractivity contribution in [1.82, 2.24) is 0 Å². The van der Waals surface area contributed by atoms with Gasteiger partial charge in [-0.25, -0.2) is 0 Å². The van der Waals surface area contributed by atoms with Gasteiger partial charge >= 0.3 is 0 Å². The van der Waals surface area contributed by atoms with Crippen molar-refractivity contribution in [2.75, 3.05) is 0 Å². The van der Waals surface area contributed by atoms with E-state index in [0.29, 0.717) is 12.2 Å². The minimum absolute atomic E-state index is 0.0456. The predicted molar refractivity (Wildman–Crippen MR) is 120 cm³/mol. The quantitative estimate of drug-likeness (QED) is 0.335.